The van der Waals surface area contributed by atoms with Crippen molar-refractivity contribution in [3.05, 3.63) is 12.3 Å². The van der Waals surface area contributed by atoms with Gasteiger partial charge >= 0.3 is 0 Å². The van der Waals surface area contributed by atoms with Crippen molar-refractivity contribution in [3.63, 3.8) is 0 Å². The number of amides is 3. The third-order valence-electron chi connectivity index (χ3n) is 5.52. The number of rotatable bonds is 9. The first-order valence-corrected chi connectivity index (χ1v) is 9.41. The second kappa shape index (κ2) is 8.08. The smallest absolute Gasteiger partial charge is 0.249 e. The lowest BCUT2D eigenvalue weighted by Gasteiger charge is -2.29. The van der Waals surface area contributed by atoms with E-state index in [4.69, 9.17) is 4.52 Å². The molecule has 0 radical (unpaired) electrons. The minimum absolute atomic E-state index is 0.0257. The van der Waals surface area contributed by atoms with E-state index in [1.807, 2.05) is 6.92 Å². The molecule has 2 aliphatic rings. The topological polar surface area (TPSA) is 116 Å². The molecule has 1 aromatic rings. The van der Waals surface area contributed by atoms with E-state index in [-0.39, 0.29) is 29.7 Å². The molecule has 0 aromatic carbocycles. The molecule has 148 valence electrons. The second-order valence-corrected chi connectivity index (χ2v) is 7.62. The Hall–Kier alpha value is -2.42. The quantitative estimate of drug-likeness (QED) is 0.383. The SMILES string of the molecule is CCCC[C@H](CN(O)C=O)C(=O)N1CC2(CC2)C[C@H]1C(=O)Nc1ccno1. The Morgan fingerprint density at radius 1 is 1.56 bits per heavy atom. The van der Waals surface area contributed by atoms with Crippen molar-refractivity contribution in [1.29, 1.82) is 0 Å². The van der Waals surface area contributed by atoms with Crippen molar-refractivity contribution >= 4 is 24.1 Å². The first-order chi connectivity index (χ1) is 13.0. The molecule has 0 unspecified atom stereocenters. The van der Waals surface area contributed by atoms with Crippen molar-refractivity contribution in [2.24, 2.45) is 11.3 Å². The molecule has 0 bridgehead atoms. The summed E-state index contributed by atoms with van der Waals surface area (Å²) in [6.07, 6.45) is 6.62. The van der Waals surface area contributed by atoms with E-state index in [1.165, 1.54) is 6.20 Å². The zero-order chi connectivity index (χ0) is 19.4. The molecule has 9 nitrogen and oxygen atoms in total. The monoisotopic (exact) mass is 378 g/mol. The van der Waals surface area contributed by atoms with E-state index in [2.05, 4.69) is 10.5 Å². The number of nitrogens with one attached hydrogen (secondary N) is 1. The molecule has 2 atom stereocenters. The van der Waals surface area contributed by atoms with Gasteiger partial charge in [0.2, 0.25) is 24.1 Å². The Morgan fingerprint density at radius 3 is 2.93 bits per heavy atom. The number of carbonyl (C=O) groups is 3. The number of carbonyl (C=O) groups excluding carboxylic acids is 3. The first kappa shape index (κ1) is 19.3. The largest absolute Gasteiger partial charge is 0.338 e. The highest BCUT2D eigenvalue weighted by Gasteiger charge is 2.55. The van der Waals surface area contributed by atoms with Gasteiger partial charge in [-0.05, 0) is 31.1 Å². The maximum Gasteiger partial charge on any atom is 0.249 e. The van der Waals surface area contributed by atoms with Gasteiger partial charge in [-0.1, -0.05) is 24.9 Å². The predicted molar refractivity (Wildman–Crippen MR) is 94.5 cm³/mol. The molecule has 1 spiro atoms. The normalized spacial score (nSPS) is 21.1. The Labute approximate surface area is 157 Å². The summed E-state index contributed by atoms with van der Waals surface area (Å²) in [6.45, 7) is 2.48. The summed E-state index contributed by atoms with van der Waals surface area (Å²) in [5.74, 6) is -0.774. The third-order valence-corrected chi connectivity index (χ3v) is 5.52. The number of nitrogens with zero attached hydrogens (tertiary/aromatic N) is 3. The van der Waals surface area contributed by atoms with Gasteiger partial charge in [0.1, 0.15) is 6.04 Å². The number of aromatic nitrogens is 1. The summed E-state index contributed by atoms with van der Waals surface area (Å²) in [5.41, 5.74) is 0.0257. The van der Waals surface area contributed by atoms with Crippen LogP contribution in [0.1, 0.15) is 45.4 Å². The van der Waals surface area contributed by atoms with Gasteiger partial charge in [0.15, 0.2) is 0 Å². The molecule has 3 amide bonds. The van der Waals surface area contributed by atoms with Crippen LogP contribution in [0.5, 0.6) is 0 Å². The van der Waals surface area contributed by atoms with Gasteiger partial charge in [0.25, 0.3) is 0 Å². The van der Waals surface area contributed by atoms with Crippen LogP contribution < -0.4 is 5.32 Å². The average molecular weight is 378 g/mol. The number of unbranched alkanes of at least 4 members (excludes halogenated alkanes) is 1. The van der Waals surface area contributed by atoms with Crippen molar-refractivity contribution in [3.8, 4) is 0 Å². The molecule has 1 saturated carbocycles. The molecule has 1 saturated heterocycles. The van der Waals surface area contributed by atoms with Crippen LogP contribution >= 0.6 is 0 Å². The molecule has 3 rings (SSSR count). The number of hydrogen-bond acceptors (Lipinski definition) is 6. The Bertz CT molecular complexity index is 673. The fourth-order valence-electron chi connectivity index (χ4n) is 3.79. The van der Waals surface area contributed by atoms with Gasteiger partial charge in [-0.2, -0.15) is 0 Å². The number of hydrogen-bond donors (Lipinski definition) is 2. The van der Waals surface area contributed by atoms with E-state index in [1.54, 1.807) is 11.0 Å². The van der Waals surface area contributed by atoms with Crippen LogP contribution in [0.15, 0.2) is 16.8 Å². The molecule has 1 aliphatic heterocycles. The lowest BCUT2D eigenvalue weighted by molar-refractivity contribution is -0.157. The van der Waals surface area contributed by atoms with Crippen LogP contribution in [0.25, 0.3) is 0 Å². The number of likely N-dealkylation sites (tertiary alicyclic amines) is 1. The standard InChI is InChI=1S/C18H26N4O5/c1-2-3-4-13(10-21(26)12-23)17(25)22-11-18(6-7-18)9-14(22)16(24)20-15-5-8-19-27-15/h5,8,12-14,26H,2-4,6-7,9-11H2,1H3,(H,20,24)/t13-,14+/m1/s1. The highest BCUT2D eigenvalue weighted by molar-refractivity contribution is 5.97. The maximum absolute atomic E-state index is 13.2. The van der Waals surface area contributed by atoms with Gasteiger partial charge in [0, 0.05) is 12.6 Å². The average Bonchev–Trinajstić information content (AvgIpc) is 3.05. The zero-order valence-electron chi connectivity index (χ0n) is 15.5. The molecular weight excluding hydrogens is 352 g/mol. The minimum Gasteiger partial charge on any atom is -0.338 e. The summed E-state index contributed by atoms with van der Waals surface area (Å²) >= 11 is 0. The van der Waals surface area contributed by atoms with Gasteiger partial charge in [0.05, 0.1) is 18.7 Å². The van der Waals surface area contributed by atoms with Gasteiger partial charge < -0.3 is 9.42 Å². The van der Waals surface area contributed by atoms with Crippen molar-refractivity contribution in [1.82, 2.24) is 15.1 Å². The summed E-state index contributed by atoms with van der Waals surface area (Å²) in [4.78, 5) is 38.4. The van der Waals surface area contributed by atoms with E-state index in [0.29, 0.717) is 30.9 Å². The molecule has 1 aromatic heterocycles. The summed E-state index contributed by atoms with van der Waals surface area (Å²) in [6, 6.07) is 0.960. The highest BCUT2D eigenvalue weighted by Crippen LogP contribution is 2.55. The summed E-state index contributed by atoms with van der Waals surface area (Å²) < 4.78 is 4.93. The van der Waals surface area contributed by atoms with E-state index < -0.39 is 12.0 Å². The molecule has 1 aliphatic carbocycles. The highest BCUT2D eigenvalue weighted by atomic mass is 16.5. The summed E-state index contributed by atoms with van der Waals surface area (Å²) in [7, 11) is 0. The summed E-state index contributed by atoms with van der Waals surface area (Å²) in [5, 5.41) is 16.3. The molecular formula is C18H26N4O5. The lowest BCUT2D eigenvalue weighted by Crippen LogP contribution is -2.47. The van der Waals surface area contributed by atoms with Crippen molar-refractivity contribution < 1.29 is 24.1 Å². The van der Waals surface area contributed by atoms with E-state index in [9.17, 15) is 19.6 Å². The Balaban J connectivity index is 1.74. The Morgan fingerprint density at radius 2 is 2.33 bits per heavy atom. The third kappa shape index (κ3) is 4.47. The van der Waals surface area contributed by atoms with Gasteiger partial charge in [-0.15, -0.1) is 0 Å². The van der Waals surface area contributed by atoms with Crippen LogP contribution in [0.4, 0.5) is 5.88 Å². The first-order valence-electron chi connectivity index (χ1n) is 9.41. The number of anilines is 1. The predicted octanol–water partition coefficient (Wildman–Crippen LogP) is 1.65. The van der Waals surface area contributed by atoms with Crippen LogP contribution in [0, 0.1) is 11.3 Å². The fourth-order valence-corrected chi connectivity index (χ4v) is 3.79. The van der Waals surface area contributed by atoms with E-state index >= 15 is 0 Å². The molecule has 2 N–H and O–H groups in total. The molecule has 27 heavy (non-hydrogen) atoms. The molecule has 9 heteroatoms. The van der Waals surface area contributed by atoms with Crippen LogP contribution in [0.2, 0.25) is 0 Å². The fraction of sp³-hybridized carbons (Fsp3) is 0.667. The Kier molecular flexibility index (Phi) is 5.79. The second-order valence-electron chi connectivity index (χ2n) is 7.62. The van der Waals surface area contributed by atoms with Crippen LogP contribution in [-0.4, -0.2) is 57.7 Å². The van der Waals surface area contributed by atoms with Crippen LogP contribution in [-0.2, 0) is 14.4 Å². The van der Waals surface area contributed by atoms with E-state index in [0.717, 1.165) is 25.7 Å². The van der Waals surface area contributed by atoms with Crippen molar-refractivity contribution in [2.75, 3.05) is 18.4 Å². The molecule has 2 heterocycles. The number of hydroxylamine groups is 2. The lowest BCUT2D eigenvalue weighted by atomic mass is 9.99. The van der Waals surface area contributed by atoms with Crippen molar-refractivity contribution in [2.45, 2.75) is 51.5 Å². The zero-order valence-corrected chi connectivity index (χ0v) is 15.5. The molecule has 2 fully saturated rings. The van der Waals surface area contributed by atoms with Gasteiger partial charge in [-0.25, -0.2) is 5.06 Å². The van der Waals surface area contributed by atoms with Gasteiger partial charge in [-0.3, -0.25) is 24.9 Å². The minimum atomic E-state index is -0.586. The van der Waals surface area contributed by atoms with Crippen LogP contribution in [0.3, 0.4) is 0 Å². The maximum atomic E-state index is 13.2.